The number of ether oxygens (including phenoxy) is 1. The lowest BCUT2D eigenvalue weighted by Crippen LogP contribution is -2.30. The summed E-state index contributed by atoms with van der Waals surface area (Å²) in [6.45, 7) is 1.96. The maximum Gasteiger partial charge on any atom is 0.290 e. The predicted octanol–water partition coefficient (Wildman–Crippen LogP) is 5.30. The molecule has 180 valence electrons. The lowest BCUT2D eigenvalue weighted by molar-refractivity contribution is -0.130. The van der Waals surface area contributed by atoms with Gasteiger partial charge in [-0.3, -0.25) is 14.6 Å². The number of nitrogens with zero attached hydrogens (tertiary/aromatic N) is 3. The number of hydrogen-bond donors (Lipinski definition) is 1. The van der Waals surface area contributed by atoms with Gasteiger partial charge in [0, 0.05) is 24.5 Å². The third-order valence-electron chi connectivity index (χ3n) is 6.08. The van der Waals surface area contributed by atoms with Crippen molar-refractivity contribution in [2.24, 2.45) is 0 Å². The molecule has 3 heterocycles. The maximum atomic E-state index is 13.9. The van der Waals surface area contributed by atoms with Crippen LogP contribution in [0.4, 0.5) is 0 Å². The third kappa shape index (κ3) is 4.27. The van der Waals surface area contributed by atoms with Gasteiger partial charge < -0.3 is 14.7 Å². The van der Waals surface area contributed by atoms with Gasteiger partial charge in [0.15, 0.2) is 5.76 Å². The van der Waals surface area contributed by atoms with E-state index in [9.17, 15) is 14.7 Å². The number of pyridine rings is 1. The van der Waals surface area contributed by atoms with Gasteiger partial charge in [0.05, 0.1) is 29.3 Å². The molecule has 4 aromatic rings. The average molecular weight is 498 g/mol. The van der Waals surface area contributed by atoms with Crippen LogP contribution in [0.5, 0.6) is 5.75 Å². The highest BCUT2D eigenvalue weighted by atomic mass is 32.1. The number of aryl methyl sites for hydroxylation is 1. The van der Waals surface area contributed by atoms with Crippen LogP contribution in [-0.2, 0) is 11.3 Å². The second-order valence-electron chi connectivity index (χ2n) is 8.36. The molecule has 1 unspecified atom stereocenters. The Bertz CT molecular complexity index is 1450. The summed E-state index contributed by atoms with van der Waals surface area (Å²) in [5, 5.41) is 11.7. The summed E-state index contributed by atoms with van der Waals surface area (Å²) >= 11 is 1.25. The van der Waals surface area contributed by atoms with Gasteiger partial charge >= 0.3 is 0 Å². The highest BCUT2D eigenvalue weighted by molar-refractivity contribution is 7.17. The zero-order valence-electron chi connectivity index (χ0n) is 19.7. The lowest BCUT2D eigenvalue weighted by Gasteiger charge is -2.26. The fourth-order valence-corrected chi connectivity index (χ4v) is 5.32. The largest absolute Gasteiger partial charge is 0.503 e. The monoisotopic (exact) mass is 497 g/mol. The SMILES string of the molecule is COc1ccc(CN2C(=O)C(O)=C(C(=O)c3sc(-c4ccccc4)nc3C)C2c2cccnc2)cc1. The first kappa shape index (κ1) is 23.4. The number of carbonyl (C=O) groups is 2. The zero-order chi connectivity index (χ0) is 25.2. The van der Waals surface area contributed by atoms with E-state index in [0.717, 1.165) is 11.1 Å². The highest BCUT2D eigenvalue weighted by Crippen LogP contribution is 2.41. The molecule has 7 nitrogen and oxygen atoms in total. The molecule has 2 aromatic heterocycles. The van der Waals surface area contributed by atoms with Crippen molar-refractivity contribution in [1.29, 1.82) is 0 Å². The summed E-state index contributed by atoms with van der Waals surface area (Å²) in [6, 6.07) is 19.7. The number of hydrogen-bond acceptors (Lipinski definition) is 7. The van der Waals surface area contributed by atoms with Crippen LogP contribution in [-0.4, -0.2) is 38.8 Å². The molecule has 0 saturated heterocycles. The molecule has 0 spiro atoms. The minimum absolute atomic E-state index is 0.0351. The van der Waals surface area contributed by atoms with Crippen LogP contribution in [0.3, 0.4) is 0 Å². The molecule has 8 heteroatoms. The van der Waals surface area contributed by atoms with Crippen molar-refractivity contribution in [1.82, 2.24) is 14.9 Å². The predicted molar refractivity (Wildman–Crippen MR) is 137 cm³/mol. The van der Waals surface area contributed by atoms with Gasteiger partial charge in [-0.05, 0) is 36.2 Å². The van der Waals surface area contributed by atoms with E-state index in [0.29, 0.717) is 26.9 Å². The molecule has 1 aliphatic rings. The van der Waals surface area contributed by atoms with Gasteiger partial charge in [-0.15, -0.1) is 11.3 Å². The van der Waals surface area contributed by atoms with Crippen LogP contribution < -0.4 is 4.74 Å². The Morgan fingerprint density at radius 1 is 1.08 bits per heavy atom. The Morgan fingerprint density at radius 3 is 2.50 bits per heavy atom. The summed E-state index contributed by atoms with van der Waals surface area (Å²) in [5.74, 6) is -0.865. The van der Waals surface area contributed by atoms with Crippen molar-refractivity contribution in [3.8, 4) is 16.3 Å². The maximum absolute atomic E-state index is 13.9. The van der Waals surface area contributed by atoms with E-state index in [1.54, 1.807) is 50.7 Å². The van der Waals surface area contributed by atoms with Crippen LogP contribution in [0.1, 0.15) is 32.5 Å². The first-order chi connectivity index (χ1) is 17.5. The number of benzene rings is 2. The lowest BCUT2D eigenvalue weighted by atomic mass is 9.96. The first-order valence-electron chi connectivity index (χ1n) is 11.3. The van der Waals surface area contributed by atoms with Crippen LogP contribution in [0.25, 0.3) is 10.6 Å². The Balaban J connectivity index is 1.54. The Morgan fingerprint density at radius 2 is 1.83 bits per heavy atom. The van der Waals surface area contributed by atoms with Gasteiger partial charge in [-0.25, -0.2) is 4.98 Å². The van der Waals surface area contributed by atoms with E-state index < -0.39 is 23.5 Å². The Hall–Kier alpha value is -4.30. The minimum atomic E-state index is -0.789. The minimum Gasteiger partial charge on any atom is -0.503 e. The normalized spacial score (nSPS) is 15.4. The fourth-order valence-electron chi connectivity index (χ4n) is 4.29. The molecule has 1 atom stereocenters. The van der Waals surface area contributed by atoms with Crippen LogP contribution in [0, 0.1) is 6.92 Å². The fraction of sp³-hybridized carbons (Fsp3) is 0.143. The number of aromatic nitrogens is 2. The Labute approximate surface area is 212 Å². The molecule has 2 aromatic carbocycles. The molecule has 1 amide bonds. The van der Waals surface area contributed by atoms with E-state index in [4.69, 9.17) is 4.74 Å². The number of rotatable bonds is 7. The van der Waals surface area contributed by atoms with E-state index in [2.05, 4.69) is 9.97 Å². The van der Waals surface area contributed by atoms with E-state index in [-0.39, 0.29) is 12.1 Å². The van der Waals surface area contributed by atoms with Crippen molar-refractivity contribution in [3.05, 3.63) is 112 Å². The summed E-state index contributed by atoms with van der Waals surface area (Å²) in [4.78, 5) is 37.8. The molecule has 0 saturated carbocycles. The molecule has 1 aliphatic heterocycles. The number of thiazole rings is 1. The third-order valence-corrected chi connectivity index (χ3v) is 7.29. The second kappa shape index (κ2) is 9.75. The molecule has 0 fully saturated rings. The Kier molecular flexibility index (Phi) is 6.35. The molecule has 5 rings (SSSR count). The molecule has 36 heavy (non-hydrogen) atoms. The average Bonchev–Trinajstić information content (AvgIpc) is 3.43. The number of ketones is 1. The van der Waals surface area contributed by atoms with E-state index >= 15 is 0 Å². The molecule has 0 bridgehead atoms. The number of amides is 1. The summed E-state index contributed by atoms with van der Waals surface area (Å²) < 4.78 is 5.22. The van der Waals surface area contributed by atoms with Crippen molar-refractivity contribution < 1.29 is 19.4 Å². The molecular formula is C28H23N3O4S. The number of methoxy groups -OCH3 is 1. The van der Waals surface area contributed by atoms with Gasteiger partial charge in [0.1, 0.15) is 10.8 Å². The number of aliphatic hydroxyl groups excluding tert-OH is 1. The number of Topliss-reactive ketones (excluding diaryl/α,β-unsaturated/α-hetero) is 1. The van der Waals surface area contributed by atoms with Crippen molar-refractivity contribution in [2.75, 3.05) is 7.11 Å². The quantitative estimate of drug-likeness (QED) is 0.348. The van der Waals surface area contributed by atoms with Gasteiger partial charge in [-0.1, -0.05) is 48.5 Å². The molecule has 0 radical (unpaired) electrons. The topological polar surface area (TPSA) is 92.6 Å². The zero-order valence-corrected chi connectivity index (χ0v) is 20.5. The van der Waals surface area contributed by atoms with E-state index in [1.807, 2.05) is 42.5 Å². The van der Waals surface area contributed by atoms with Crippen LogP contribution >= 0.6 is 11.3 Å². The van der Waals surface area contributed by atoms with Crippen molar-refractivity contribution in [3.63, 3.8) is 0 Å². The van der Waals surface area contributed by atoms with Crippen LogP contribution in [0.2, 0.25) is 0 Å². The first-order valence-corrected chi connectivity index (χ1v) is 12.1. The van der Waals surface area contributed by atoms with E-state index in [1.165, 1.54) is 16.2 Å². The highest BCUT2D eigenvalue weighted by Gasteiger charge is 2.44. The number of aliphatic hydroxyl groups is 1. The molecule has 0 aliphatic carbocycles. The van der Waals surface area contributed by atoms with Crippen molar-refractivity contribution >= 4 is 23.0 Å². The standard InChI is InChI=1S/C28H23N3O4S/c1-17-26(36-27(30-17)19-7-4-3-5-8-19)24(32)22-23(20-9-6-14-29-15-20)31(28(34)25(22)33)16-18-10-12-21(35-2)13-11-18/h3-15,23,33H,16H2,1-2H3. The summed E-state index contributed by atoms with van der Waals surface area (Å²) in [6.07, 6.45) is 3.23. The van der Waals surface area contributed by atoms with Gasteiger partial charge in [0.25, 0.3) is 5.91 Å². The van der Waals surface area contributed by atoms with Gasteiger partial charge in [0.2, 0.25) is 5.78 Å². The summed E-state index contributed by atoms with van der Waals surface area (Å²) in [7, 11) is 1.59. The number of carbonyl (C=O) groups excluding carboxylic acids is 2. The van der Waals surface area contributed by atoms with Crippen LogP contribution in [0.15, 0.2) is 90.5 Å². The smallest absolute Gasteiger partial charge is 0.290 e. The molecule has 1 N–H and O–H groups in total. The summed E-state index contributed by atoms with van der Waals surface area (Å²) in [5.41, 5.74) is 2.95. The van der Waals surface area contributed by atoms with Crippen molar-refractivity contribution in [2.45, 2.75) is 19.5 Å². The van der Waals surface area contributed by atoms with Gasteiger partial charge in [-0.2, -0.15) is 0 Å². The molecular weight excluding hydrogens is 474 g/mol. The second-order valence-corrected chi connectivity index (χ2v) is 9.36.